The van der Waals surface area contributed by atoms with Crippen molar-refractivity contribution < 1.29 is 9.72 Å². The molecule has 1 amide bonds. The van der Waals surface area contributed by atoms with Gasteiger partial charge in [-0.25, -0.2) is 9.50 Å². The van der Waals surface area contributed by atoms with E-state index in [9.17, 15) is 14.9 Å². The average molecular weight is 380 g/mol. The maximum Gasteiger partial charge on any atom is 0.269 e. The Morgan fingerprint density at radius 2 is 2.04 bits per heavy atom. The summed E-state index contributed by atoms with van der Waals surface area (Å²) in [6, 6.07) is 10.00. The first-order chi connectivity index (χ1) is 13.5. The first-order valence-electron chi connectivity index (χ1n) is 9.10. The number of benzene rings is 1. The van der Waals surface area contributed by atoms with E-state index in [1.54, 1.807) is 35.1 Å². The van der Waals surface area contributed by atoms with E-state index < -0.39 is 10.6 Å². The lowest BCUT2D eigenvalue weighted by atomic mass is 9.93. The minimum atomic E-state index is -1.11. The SMILES string of the molecule is CC(=O)NC(c1cccc([N+](=O)[O-])c1)(c1cnc2cccnn12)N1CCCC1. The maximum atomic E-state index is 12.3. The Kier molecular flexibility index (Phi) is 4.52. The second-order valence-corrected chi connectivity index (χ2v) is 6.83. The van der Waals surface area contributed by atoms with E-state index in [0.717, 1.165) is 25.9 Å². The zero-order valence-electron chi connectivity index (χ0n) is 15.4. The molecule has 3 heterocycles. The molecule has 0 radical (unpaired) electrons. The number of imidazole rings is 1. The molecule has 1 aliphatic rings. The number of hydrogen-bond donors (Lipinski definition) is 1. The number of likely N-dealkylation sites (tertiary alicyclic amines) is 1. The predicted molar refractivity (Wildman–Crippen MR) is 101 cm³/mol. The Balaban J connectivity index is 2.02. The van der Waals surface area contributed by atoms with Gasteiger partial charge in [-0.15, -0.1) is 0 Å². The first kappa shape index (κ1) is 18.1. The molecule has 9 nitrogen and oxygen atoms in total. The molecule has 0 spiro atoms. The molecule has 1 aliphatic heterocycles. The predicted octanol–water partition coefficient (Wildman–Crippen LogP) is 2.07. The van der Waals surface area contributed by atoms with Crippen molar-refractivity contribution in [1.29, 1.82) is 0 Å². The quantitative estimate of drug-likeness (QED) is 0.537. The van der Waals surface area contributed by atoms with Crippen molar-refractivity contribution in [3.05, 3.63) is 70.2 Å². The van der Waals surface area contributed by atoms with Crippen molar-refractivity contribution in [3.8, 4) is 0 Å². The van der Waals surface area contributed by atoms with Gasteiger partial charge in [0, 0.05) is 43.9 Å². The molecule has 1 atom stereocenters. The van der Waals surface area contributed by atoms with Gasteiger partial charge in [-0.2, -0.15) is 5.10 Å². The monoisotopic (exact) mass is 380 g/mol. The number of fused-ring (bicyclic) bond motifs is 1. The number of nitrogens with zero attached hydrogens (tertiary/aromatic N) is 5. The van der Waals surface area contributed by atoms with Gasteiger partial charge in [0.25, 0.3) is 5.69 Å². The van der Waals surface area contributed by atoms with E-state index in [1.165, 1.54) is 19.1 Å². The summed E-state index contributed by atoms with van der Waals surface area (Å²) in [6.45, 7) is 2.92. The number of carbonyl (C=O) groups excluding carboxylic acids is 1. The van der Waals surface area contributed by atoms with Gasteiger partial charge >= 0.3 is 0 Å². The van der Waals surface area contributed by atoms with E-state index in [-0.39, 0.29) is 11.6 Å². The number of carbonyl (C=O) groups is 1. The fourth-order valence-electron chi connectivity index (χ4n) is 3.94. The van der Waals surface area contributed by atoms with E-state index in [0.29, 0.717) is 16.9 Å². The summed E-state index contributed by atoms with van der Waals surface area (Å²) in [7, 11) is 0. The summed E-state index contributed by atoms with van der Waals surface area (Å²) in [4.78, 5) is 29.8. The topological polar surface area (TPSA) is 106 Å². The number of aromatic nitrogens is 3. The van der Waals surface area contributed by atoms with Crippen LogP contribution in [0.2, 0.25) is 0 Å². The zero-order chi connectivity index (χ0) is 19.7. The highest BCUT2D eigenvalue weighted by molar-refractivity contribution is 5.75. The molecule has 4 rings (SSSR count). The molecule has 1 aromatic carbocycles. The molecule has 9 heteroatoms. The van der Waals surface area contributed by atoms with Crippen LogP contribution < -0.4 is 5.32 Å². The number of non-ortho nitro benzene ring substituents is 1. The molecule has 3 aromatic rings. The third kappa shape index (κ3) is 2.89. The zero-order valence-corrected chi connectivity index (χ0v) is 15.4. The highest BCUT2D eigenvalue weighted by Crippen LogP contribution is 2.37. The van der Waals surface area contributed by atoms with Crippen molar-refractivity contribution in [1.82, 2.24) is 24.8 Å². The Morgan fingerprint density at radius 1 is 1.25 bits per heavy atom. The summed E-state index contributed by atoms with van der Waals surface area (Å²) in [5, 5.41) is 18.9. The van der Waals surface area contributed by atoms with Gasteiger partial charge in [-0.1, -0.05) is 12.1 Å². The summed E-state index contributed by atoms with van der Waals surface area (Å²) in [5.74, 6) is -0.246. The van der Waals surface area contributed by atoms with Gasteiger partial charge in [0.2, 0.25) is 5.91 Å². The van der Waals surface area contributed by atoms with E-state index in [2.05, 4.69) is 20.3 Å². The number of amides is 1. The highest BCUT2D eigenvalue weighted by atomic mass is 16.6. The standard InChI is InChI=1S/C19H20N6O3/c1-14(26)22-19(23-10-2-3-11-23,15-6-4-7-16(12-15)25(27)28)17-13-20-18-8-5-9-21-24(17)18/h4-9,12-13H,2-3,10-11H2,1H3,(H,22,26). The van der Waals surface area contributed by atoms with Gasteiger partial charge in [0.05, 0.1) is 11.1 Å². The average Bonchev–Trinajstić information content (AvgIpc) is 3.36. The van der Waals surface area contributed by atoms with Crippen molar-refractivity contribution in [2.24, 2.45) is 0 Å². The van der Waals surface area contributed by atoms with Crippen LogP contribution in [0, 0.1) is 10.1 Å². The maximum absolute atomic E-state index is 12.3. The first-order valence-corrected chi connectivity index (χ1v) is 9.10. The second-order valence-electron chi connectivity index (χ2n) is 6.83. The second kappa shape index (κ2) is 7.01. The van der Waals surface area contributed by atoms with Gasteiger partial charge < -0.3 is 5.32 Å². The summed E-state index contributed by atoms with van der Waals surface area (Å²) < 4.78 is 1.67. The Morgan fingerprint density at radius 3 is 2.75 bits per heavy atom. The molecular formula is C19H20N6O3. The van der Waals surface area contributed by atoms with Crippen LogP contribution in [0.15, 0.2) is 48.8 Å². The molecule has 0 aliphatic carbocycles. The van der Waals surface area contributed by atoms with Gasteiger partial charge in [0.1, 0.15) is 5.69 Å². The molecule has 28 heavy (non-hydrogen) atoms. The fourth-order valence-corrected chi connectivity index (χ4v) is 3.94. The molecule has 0 saturated carbocycles. The van der Waals surface area contributed by atoms with Crippen molar-refractivity contribution in [2.75, 3.05) is 13.1 Å². The van der Waals surface area contributed by atoms with Crippen LogP contribution in [-0.4, -0.2) is 43.4 Å². The summed E-state index contributed by atoms with van der Waals surface area (Å²) in [6.07, 6.45) is 5.27. The number of hydrogen-bond acceptors (Lipinski definition) is 6. The summed E-state index contributed by atoms with van der Waals surface area (Å²) in [5.41, 5.74) is 0.735. The molecule has 0 bridgehead atoms. The van der Waals surface area contributed by atoms with E-state index in [1.807, 2.05) is 6.07 Å². The smallest absolute Gasteiger partial charge is 0.269 e. The lowest BCUT2D eigenvalue weighted by Crippen LogP contribution is -2.58. The van der Waals surface area contributed by atoms with E-state index in [4.69, 9.17) is 0 Å². The van der Waals surface area contributed by atoms with Crippen LogP contribution in [0.3, 0.4) is 0 Å². The van der Waals surface area contributed by atoms with Gasteiger partial charge in [-0.3, -0.25) is 19.8 Å². The molecule has 144 valence electrons. The Bertz CT molecular complexity index is 1040. The minimum absolute atomic E-state index is 0.0341. The number of nitrogens with one attached hydrogen (secondary N) is 1. The molecule has 1 unspecified atom stereocenters. The van der Waals surface area contributed by atoms with Crippen molar-refractivity contribution in [2.45, 2.75) is 25.4 Å². The Labute approximate surface area is 161 Å². The van der Waals surface area contributed by atoms with Crippen LogP contribution in [0.5, 0.6) is 0 Å². The number of nitro groups is 1. The molecular weight excluding hydrogens is 360 g/mol. The molecule has 1 saturated heterocycles. The molecule has 1 fully saturated rings. The van der Waals surface area contributed by atoms with Gasteiger partial charge in [0.15, 0.2) is 11.3 Å². The van der Waals surface area contributed by atoms with Crippen LogP contribution in [0.1, 0.15) is 31.0 Å². The van der Waals surface area contributed by atoms with Gasteiger partial charge in [-0.05, 0) is 25.0 Å². The normalized spacial score (nSPS) is 16.8. The third-order valence-electron chi connectivity index (χ3n) is 5.06. The molecule has 2 aromatic heterocycles. The number of nitro benzene ring substituents is 1. The third-order valence-corrected chi connectivity index (χ3v) is 5.06. The fraction of sp³-hybridized carbons (Fsp3) is 0.316. The van der Waals surface area contributed by atoms with Crippen molar-refractivity contribution >= 4 is 17.2 Å². The van der Waals surface area contributed by atoms with Crippen molar-refractivity contribution in [3.63, 3.8) is 0 Å². The largest absolute Gasteiger partial charge is 0.329 e. The van der Waals surface area contributed by atoms with Crippen LogP contribution in [0.4, 0.5) is 5.69 Å². The van der Waals surface area contributed by atoms with Crippen LogP contribution in [0.25, 0.3) is 5.65 Å². The van der Waals surface area contributed by atoms with Crippen LogP contribution in [-0.2, 0) is 10.5 Å². The van der Waals surface area contributed by atoms with Crippen LogP contribution >= 0.6 is 0 Å². The number of rotatable bonds is 5. The highest BCUT2D eigenvalue weighted by Gasteiger charge is 2.45. The summed E-state index contributed by atoms with van der Waals surface area (Å²) >= 11 is 0. The lowest BCUT2D eigenvalue weighted by molar-refractivity contribution is -0.385. The lowest BCUT2D eigenvalue weighted by Gasteiger charge is -2.42. The minimum Gasteiger partial charge on any atom is -0.329 e. The Hall–Kier alpha value is -3.33. The molecule has 1 N–H and O–H groups in total. The van der Waals surface area contributed by atoms with E-state index >= 15 is 0 Å².